The predicted molar refractivity (Wildman–Crippen MR) is 76.4 cm³/mol. The summed E-state index contributed by atoms with van der Waals surface area (Å²) in [6, 6.07) is 0.213. The second kappa shape index (κ2) is 6.12. The number of carboxylic acids is 1. The average Bonchev–Trinajstić information content (AvgIpc) is 2.45. The van der Waals surface area contributed by atoms with E-state index in [1.165, 1.54) is 0 Å². The van der Waals surface area contributed by atoms with Gasteiger partial charge in [-0.15, -0.1) is 0 Å². The number of rotatable bonds is 6. The number of carbonyl (C=O) groups is 2. The van der Waals surface area contributed by atoms with Crippen molar-refractivity contribution in [1.29, 1.82) is 0 Å². The van der Waals surface area contributed by atoms with Crippen molar-refractivity contribution in [2.24, 2.45) is 11.3 Å². The molecule has 5 heteroatoms. The van der Waals surface area contributed by atoms with E-state index in [4.69, 9.17) is 0 Å². The van der Waals surface area contributed by atoms with Gasteiger partial charge in [0.1, 0.15) is 0 Å². The van der Waals surface area contributed by atoms with E-state index in [9.17, 15) is 14.7 Å². The van der Waals surface area contributed by atoms with Crippen molar-refractivity contribution < 1.29 is 14.7 Å². The van der Waals surface area contributed by atoms with E-state index in [-0.39, 0.29) is 18.4 Å². The molecule has 3 aliphatic rings. The number of amides is 1. The molecule has 1 atom stereocenters. The number of carbonyl (C=O) groups excluding carboxylic acids is 1. The highest BCUT2D eigenvalue weighted by Crippen LogP contribution is 2.32. The minimum Gasteiger partial charge on any atom is -0.481 e. The molecule has 0 saturated carbocycles. The molecule has 3 rings (SSSR count). The van der Waals surface area contributed by atoms with Gasteiger partial charge in [-0.25, -0.2) is 0 Å². The highest BCUT2D eigenvalue weighted by Gasteiger charge is 2.39. The summed E-state index contributed by atoms with van der Waals surface area (Å²) in [6.07, 6.45) is 3.38. The zero-order valence-electron chi connectivity index (χ0n) is 12.5. The largest absolute Gasteiger partial charge is 0.481 e. The van der Waals surface area contributed by atoms with Gasteiger partial charge in [-0.1, -0.05) is 13.8 Å². The second-order valence-electron chi connectivity index (χ2n) is 6.28. The molecular formula is C15H26N2O3. The Morgan fingerprint density at radius 2 is 1.85 bits per heavy atom. The third-order valence-electron chi connectivity index (χ3n) is 5.31. The van der Waals surface area contributed by atoms with Gasteiger partial charge in [0, 0.05) is 19.0 Å². The maximum absolute atomic E-state index is 12.2. The van der Waals surface area contributed by atoms with Crippen LogP contribution in [0, 0.1) is 11.3 Å². The molecule has 3 heterocycles. The Morgan fingerprint density at radius 1 is 1.25 bits per heavy atom. The molecule has 0 aromatic heterocycles. The minimum absolute atomic E-state index is 0.0958. The summed E-state index contributed by atoms with van der Waals surface area (Å²) < 4.78 is 0. The van der Waals surface area contributed by atoms with Gasteiger partial charge in [-0.05, 0) is 44.7 Å². The minimum atomic E-state index is -0.905. The molecule has 20 heavy (non-hydrogen) atoms. The monoisotopic (exact) mass is 282 g/mol. The zero-order valence-corrected chi connectivity index (χ0v) is 12.5. The van der Waals surface area contributed by atoms with Crippen molar-refractivity contribution >= 4 is 11.9 Å². The van der Waals surface area contributed by atoms with Gasteiger partial charge in [0.15, 0.2) is 0 Å². The van der Waals surface area contributed by atoms with E-state index >= 15 is 0 Å². The molecule has 3 fully saturated rings. The number of nitrogens with one attached hydrogen (secondary N) is 1. The molecule has 2 N–H and O–H groups in total. The van der Waals surface area contributed by atoms with Gasteiger partial charge in [0.05, 0.1) is 5.41 Å². The van der Waals surface area contributed by atoms with E-state index < -0.39 is 11.4 Å². The Hall–Kier alpha value is -1.10. The molecule has 3 aliphatic heterocycles. The molecule has 0 aromatic rings. The molecule has 1 amide bonds. The topological polar surface area (TPSA) is 69.6 Å². The van der Waals surface area contributed by atoms with Gasteiger partial charge in [0.2, 0.25) is 5.91 Å². The van der Waals surface area contributed by atoms with Crippen LogP contribution >= 0.6 is 0 Å². The van der Waals surface area contributed by atoms with Crippen molar-refractivity contribution in [3.8, 4) is 0 Å². The molecule has 0 spiro atoms. The van der Waals surface area contributed by atoms with Gasteiger partial charge < -0.3 is 15.3 Å². The molecule has 0 aromatic carbocycles. The first-order chi connectivity index (χ1) is 9.50. The third kappa shape index (κ3) is 2.97. The Kier molecular flexibility index (Phi) is 4.68. The van der Waals surface area contributed by atoms with Crippen LogP contribution in [-0.2, 0) is 9.59 Å². The van der Waals surface area contributed by atoms with Crippen LogP contribution in [-0.4, -0.2) is 47.6 Å². The fourth-order valence-corrected chi connectivity index (χ4v) is 3.57. The van der Waals surface area contributed by atoms with Crippen LogP contribution in [0.15, 0.2) is 0 Å². The summed E-state index contributed by atoms with van der Waals surface area (Å²) in [4.78, 5) is 26.1. The van der Waals surface area contributed by atoms with Gasteiger partial charge in [-0.3, -0.25) is 9.59 Å². The molecule has 5 nitrogen and oxygen atoms in total. The number of aliphatic carboxylic acids is 1. The lowest BCUT2D eigenvalue weighted by atomic mass is 9.78. The molecule has 0 aliphatic carbocycles. The van der Waals surface area contributed by atoms with Crippen molar-refractivity contribution in [1.82, 2.24) is 10.2 Å². The first-order valence-electron chi connectivity index (χ1n) is 7.76. The average molecular weight is 282 g/mol. The number of hydrogen-bond donors (Lipinski definition) is 2. The lowest BCUT2D eigenvalue weighted by Gasteiger charge is -2.45. The summed E-state index contributed by atoms with van der Waals surface area (Å²) in [5.74, 6) is -0.382. The smallest absolute Gasteiger partial charge is 0.310 e. The standard InChI is InChI=1S/C15H26N2O3/c1-3-15(4-2,14(19)20)9-13(18)16-12-10-17-7-5-11(12)6-8-17/h11-12H,3-10H2,1-2H3,(H,16,18)(H,19,20). The molecule has 1 unspecified atom stereocenters. The Labute approximate surface area is 120 Å². The maximum Gasteiger partial charge on any atom is 0.310 e. The number of carboxylic acid groups (broad SMARTS) is 1. The molecule has 0 radical (unpaired) electrons. The van der Waals surface area contributed by atoms with Gasteiger partial charge in [-0.2, -0.15) is 0 Å². The Balaban J connectivity index is 1.93. The summed E-state index contributed by atoms with van der Waals surface area (Å²) in [5.41, 5.74) is -0.905. The van der Waals surface area contributed by atoms with Gasteiger partial charge in [0.25, 0.3) is 0 Å². The molecule has 3 saturated heterocycles. The normalized spacial score (nSPS) is 29.2. The van der Waals surface area contributed by atoms with Crippen molar-refractivity contribution in [2.45, 2.75) is 52.0 Å². The van der Waals surface area contributed by atoms with E-state index in [0.717, 1.165) is 32.5 Å². The lowest BCUT2D eigenvalue weighted by Crippen LogP contribution is -2.57. The zero-order chi connectivity index (χ0) is 14.8. The fourth-order valence-electron chi connectivity index (χ4n) is 3.57. The molecule has 2 bridgehead atoms. The van der Waals surface area contributed by atoms with Crippen LogP contribution in [0.5, 0.6) is 0 Å². The maximum atomic E-state index is 12.2. The molecule has 114 valence electrons. The van der Waals surface area contributed by atoms with E-state index in [1.807, 2.05) is 13.8 Å². The van der Waals surface area contributed by atoms with E-state index in [0.29, 0.717) is 18.8 Å². The number of piperidine rings is 3. The van der Waals surface area contributed by atoms with Crippen molar-refractivity contribution in [3.05, 3.63) is 0 Å². The number of nitrogens with zero attached hydrogens (tertiary/aromatic N) is 1. The van der Waals surface area contributed by atoms with Crippen LogP contribution in [0.2, 0.25) is 0 Å². The third-order valence-corrected chi connectivity index (χ3v) is 5.31. The Morgan fingerprint density at radius 3 is 2.25 bits per heavy atom. The quantitative estimate of drug-likeness (QED) is 0.774. The summed E-state index contributed by atoms with van der Waals surface area (Å²) in [7, 11) is 0. The summed E-state index contributed by atoms with van der Waals surface area (Å²) >= 11 is 0. The predicted octanol–water partition coefficient (Wildman–Crippen LogP) is 1.48. The first-order valence-corrected chi connectivity index (χ1v) is 7.76. The van der Waals surface area contributed by atoms with Crippen LogP contribution in [0.1, 0.15) is 46.0 Å². The Bertz CT molecular complexity index is 371. The van der Waals surface area contributed by atoms with Crippen LogP contribution in [0.3, 0.4) is 0 Å². The fraction of sp³-hybridized carbons (Fsp3) is 0.867. The number of fused-ring (bicyclic) bond motifs is 3. The highest BCUT2D eigenvalue weighted by atomic mass is 16.4. The van der Waals surface area contributed by atoms with E-state index in [2.05, 4.69) is 10.2 Å². The van der Waals surface area contributed by atoms with Crippen molar-refractivity contribution in [2.75, 3.05) is 19.6 Å². The highest BCUT2D eigenvalue weighted by molar-refractivity contribution is 5.85. The van der Waals surface area contributed by atoms with Crippen LogP contribution < -0.4 is 5.32 Å². The second-order valence-corrected chi connectivity index (χ2v) is 6.28. The van der Waals surface area contributed by atoms with Crippen LogP contribution in [0.4, 0.5) is 0 Å². The van der Waals surface area contributed by atoms with E-state index in [1.54, 1.807) is 0 Å². The van der Waals surface area contributed by atoms with Gasteiger partial charge >= 0.3 is 5.97 Å². The summed E-state index contributed by atoms with van der Waals surface area (Å²) in [6.45, 7) is 6.90. The first kappa shape index (κ1) is 15.3. The number of hydrogen-bond acceptors (Lipinski definition) is 3. The summed E-state index contributed by atoms with van der Waals surface area (Å²) in [5, 5.41) is 12.5. The van der Waals surface area contributed by atoms with Crippen molar-refractivity contribution in [3.63, 3.8) is 0 Å². The SMILES string of the molecule is CCC(CC)(CC(=O)NC1CN2CCC1CC2)C(=O)O. The lowest BCUT2D eigenvalue weighted by molar-refractivity contribution is -0.152. The van der Waals surface area contributed by atoms with Crippen LogP contribution in [0.25, 0.3) is 0 Å². The molecular weight excluding hydrogens is 256 g/mol.